The van der Waals surface area contributed by atoms with Crippen LogP contribution in [-0.2, 0) is 21.5 Å². The number of pyridine rings is 1. The average molecular weight is 535 g/mol. The summed E-state index contributed by atoms with van der Waals surface area (Å²) < 4.78 is 66.1. The zero-order chi connectivity index (χ0) is 27.6. The van der Waals surface area contributed by atoms with Crippen LogP contribution >= 0.6 is 0 Å². The fraction of sp³-hybridized carbons (Fsp3) is 0.409. The highest BCUT2D eigenvalue weighted by atomic mass is 19.4. The third-order valence-corrected chi connectivity index (χ3v) is 6.46. The second kappa shape index (κ2) is 8.30. The zero-order valence-electron chi connectivity index (χ0n) is 19.5. The van der Waals surface area contributed by atoms with Crippen molar-refractivity contribution < 1.29 is 31.5 Å². The van der Waals surface area contributed by atoms with Crippen LogP contribution < -0.4 is 16.4 Å². The molecule has 16 heteroatoms. The Morgan fingerprint density at radius 1 is 1.26 bits per heavy atom. The number of carbonyl (C=O) groups is 2. The van der Waals surface area contributed by atoms with Gasteiger partial charge in [-0.15, -0.1) is 0 Å². The van der Waals surface area contributed by atoms with Gasteiger partial charge in [-0.2, -0.15) is 32.3 Å². The molecular formula is C22H18F5N9O2. The maximum atomic E-state index is 13.6. The fourth-order valence-electron chi connectivity index (χ4n) is 4.11. The van der Waals surface area contributed by atoms with E-state index in [4.69, 9.17) is 5.73 Å². The Labute approximate surface area is 210 Å². The number of hydrogen-bond donors (Lipinski definition) is 3. The van der Waals surface area contributed by atoms with Gasteiger partial charge in [0.15, 0.2) is 16.9 Å². The molecule has 1 saturated carbocycles. The fourth-order valence-corrected chi connectivity index (χ4v) is 4.11. The largest absolute Gasteiger partial charge is 0.453 e. The van der Waals surface area contributed by atoms with Crippen LogP contribution in [0.25, 0.3) is 22.6 Å². The summed E-state index contributed by atoms with van der Waals surface area (Å²) in [7, 11) is 0. The van der Waals surface area contributed by atoms with Gasteiger partial charge in [-0.05, 0) is 31.9 Å². The standard InChI is InChI=1S/C22H18F5N9O2/c1-20(18(37)31-9-2-3-9)12-14(29)32-16(33-15(12)34-19(20)38)13-11-5-4-10(8-28)30-17(11)36(35-13)7-6-21(23,24)22(25,26)27/h4-5,9H,2-3,6-7H2,1H3,(H,31,37)(H3,29,32,33,34,38). The van der Waals surface area contributed by atoms with E-state index in [1.165, 1.54) is 19.1 Å². The molecule has 0 spiro atoms. The molecule has 1 aliphatic heterocycles. The predicted octanol–water partition coefficient (Wildman–Crippen LogP) is 2.42. The van der Waals surface area contributed by atoms with Crippen molar-refractivity contribution in [3.8, 4) is 17.6 Å². The van der Waals surface area contributed by atoms with E-state index in [1.807, 2.05) is 0 Å². The number of aromatic nitrogens is 5. The van der Waals surface area contributed by atoms with Crippen LogP contribution in [0.2, 0.25) is 0 Å². The van der Waals surface area contributed by atoms with Crippen LogP contribution in [0.1, 0.15) is 37.4 Å². The van der Waals surface area contributed by atoms with Crippen LogP contribution in [0, 0.1) is 11.3 Å². The van der Waals surface area contributed by atoms with Crippen molar-refractivity contribution in [3.63, 3.8) is 0 Å². The second-order valence-electron chi connectivity index (χ2n) is 9.19. The highest BCUT2D eigenvalue weighted by molar-refractivity contribution is 6.21. The molecule has 1 atom stereocenters. The van der Waals surface area contributed by atoms with Gasteiger partial charge in [0.05, 0.1) is 10.9 Å². The summed E-state index contributed by atoms with van der Waals surface area (Å²) in [5.74, 6) is -6.76. The molecule has 0 aromatic carbocycles. The minimum Gasteiger partial charge on any atom is -0.383 e. The Bertz CT molecular complexity index is 1540. The SMILES string of the molecule is CC1(C(=O)NC2CC2)C(=O)Nc2nc(-c3nn(CCC(F)(F)C(F)(F)F)c4nc(C#N)ccc34)nc(N)c21. The summed E-state index contributed by atoms with van der Waals surface area (Å²) in [5, 5.41) is 18.7. The van der Waals surface area contributed by atoms with Crippen molar-refractivity contribution in [3.05, 3.63) is 23.4 Å². The first-order valence-electron chi connectivity index (χ1n) is 11.3. The quantitative estimate of drug-likeness (QED) is 0.320. The van der Waals surface area contributed by atoms with Gasteiger partial charge in [0.2, 0.25) is 11.8 Å². The van der Waals surface area contributed by atoms with Gasteiger partial charge in [-0.3, -0.25) is 9.59 Å². The van der Waals surface area contributed by atoms with E-state index in [0.29, 0.717) is 0 Å². The number of amides is 2. The number of carbonyl (C=O) groups excluding carboxylic acids is 2. The van der Waals surface area contributed by atoms with E-state index in [2.05, 4.69) is 30.7 Å². The summed E-state index contributed by atoms with van der Waals surface area (Å²) in [5.41, 5.74) is 4.10. The molecule has 3 aromatic heterocycles. The lowest BCUT2D eigenvalue weighted by molar-refractivity contribution is -0.285. The molecule has 11 nitrogen and oxygen atoms in total. The Morgan fingerprint density at radius 2 is 1.97 bits per heavy atom. The molecule has 5 rings (SSSR count). The number of nitrogens with one attached hydrogen (secondary N) is 2. The van der Waals surface area contributed by atoms with Crippen molar-refractivity contribution in [1.29, 1.82) is 5.26 Å². The average Bonchev–Trinajstić information content (AvgIpc) is 3.52. The van der Waals surface area contributed by atoms with Crippen LogP contribution in [0.15, 0.2) is 12.1 Å². The molecule has 1 aliphatic carbocycles. The number of anilines is 2. The lowest BCUT2D eigenvalue weighted by Crippen LogP contribution is -2.48. The molecule has 2 amide bonds. The Morgan fingerprint density at radius 3 is 2.61 bits per heavy atom. The molecule has 0 radical (unpaired) electrons. The van der Waals surface area contributed by atoms with Crippen molar-refractivity contribution in [2.24, 2.45) is 0 Å². The molecular weight excluding hydrogens is 517 g/mol. The first-order chi connectivity index (χ1) is 17.8. The molecule has 0 bridgehead atoms. The Hall–Kier alpha value is -4.42. The van der Waals surface area contributed by atoms with Crippen LogP contribution in [0.5, 0.6) is 0 Å². The summed E-state index contributed by atoms with van der Waals surface area (Å²) >= 11 is 0. The van der Waals surface area contributed by atoms with Gasteiger partial charge < -0.3 is 16.4 Å². The maximum Gasteiger partial charge on any atom is 0.453 e. The number of nitrogen functional groups attached to an aromatic ring is 1. The van der Waals surface area contributed by atoms with Crippen molar-refractivity contribution in [2.75, 3.05) is 11.1 Å². The predicted molar refractivity (Wildman–Crippen MR) is 120 cm³/mol. The van der Waals surface area contributed by atoms with Gasteiger partial charge in [0.1, 0.15) is 29.1 Å². The first-order valence-corrected chi connectivity index (χ1v) is 11.3. The lowest BCUT2D eigenvalue weighted by atomic mass is 9.83. The topological polar surface area (TPSA) is 165 Å². The van der Waals surface area contributed by atoms with E-state index in [9.17, 15) is 36.8 Å². The van der Waals surface area contributed by atoms with Crippen molar-refractivity contribution >= 4 is 34.5 Å². The molecule has 2 aliphatic rings. The van der Waals surface area contributed by atoms with Gasteiger partial charge in [-0.25, -0.2) is 19.6 Å². The van der Waals surface area contributed by atoms with E-state index in [0.717, 1.165) is 17.5 Å². The summed E-state index contributed by atoms with van der Waals surface area (Å²) in [6, 6.07) is 4.37. The third kappa shape index (κ3) is 3.94. The van der Waals surface area contributed by atoms with E-state index in [1.54, 1.807) is 6.07 Å². The van der Waals surface area contributed by atoms with Gasteiger partial charge in [0.25, 0.3) is 0 Å². The van der Waals surface area contributed by atoms with Crippen LogP contribution in [0.4, 0.5) is 33.6 Å². The summed E-state index contributed by atoms with van der Waals surface area (Å²) in [4.78, 5) is 38.1. The van der Waals surface area contributed by atoms with E-state index >= 15 is 0 Å². The first kappa shape index (κ1) is 25.2. The number of halogens is 5. The zero-order valence-corrected chi connectivity index (χ0v) is 19.5. The molecule has 1 fully saturated rings. The number of nitrogens with two attached hydrogens (primary N) is 1. The number of rotatable bonds is 6. The molecule has 38 heavy (non-hydrogen) atoms. The number of alkyl halides is 5. The van der Waals surface area contributed by atoms with Crippen LogP contribution in [-0.4, -0.2) is 54.7 Å². The molecule has 3 aromatic rings. The minimum atomic E-state index is -5.77. The van der Waals surface area contributed by atoms with Gasteiger partial charge >= 0.3 is 12.1 Å². The monoisotopic (exact) mass is 535 g/mol. The number of hydrogen-bond acceptors (Lipinski definition) is 8. The number of aryl methyl sites for hydroxylation is 1. The van der Waals surface area contributed by atoms with Crippen molar-refractivity contribution in [2.45, 2.75) is 56.3 Å². The van der Waals surface area contributed by atoms with E-state index < -0.39 is 42.3 Å². The smallest absolute Gasteiger partial charge is 0.383 e. The Kier molecular flexibility index (Phi) is 5.51. The second-order valence-corrected chi connectivity index (χ2v) is 9.19. The number of nitriles is 1. The third-order valence-electron chi connectivity index (χ3n) is 6.46. The lowest BCUT2D eigenvalue weighted by Gasteiger charge is -2.21. The molecule has 198 valence electrons. The number of fused-ring (bicyclic) bond motifs is 2. The van der Waals surface area contributed by atoms with Crippen LogP contribution in [0.3, 0.4) is 0 Å². The molecule has 0 saturated heterocycles. The molecule has 1 unspecified atom stereocenters. The highest BCUT2D eigenvalue weighted by Gasteiger charge is 2.57. The summed E-state index contributed by atoms with van der Waals surface area (Å²) in [6.07, 6.45) is -5.83. The summed E-state index contributed by atoms with van der Waals surface area (Å²) in [6.45, 7) is 0.477. The maximum absolute atomic E-state index is 13.6. The van der Waals surface area contributed by atoms with Crippen molar-refractivity contribution in [1.82, 2.24) is 30.0 Å². The van der Waals surface area contributed by atoms with E-state index in [-0.39, 0.29) is 51.5 Å². The molecule has 4 heterocycles. The minimum absolute atomic E-state index is 0.0385. The van der Waals surface area contributed by atoms with Gasteiger partial charge in [0, 0.05) is 19.0 Å². The molecule has 4 N–H and O–H groups in total. The Balaban J connectivity index is 1.58. The highest BCUT2D eigenvalue weighted by Crippen LogP contribution is 2.42. The number of nitrogens with zero attached hydrogens (tertiary/aromatic N) is 6. The van der Waals surface area contributed by atoms with Gasteiger partial charge in [-0.1, -0.05) is 0 Å². The normalized spacial score (nSPS) is 19.2.